The van der Waals surface area contributed by atoms with Crippen LogP contribution in [0.3, 0.4) is 0 Å². The number of nitrogens with zero attached hydrogens (tertiary/aromatic N) is 3. The second-order valence-electron chi connectivity index (χ2n) is 5.19. The van der Waals surface area contributed by atoms with Gasteiger partial charge >= 0.3 is 5.88 Å². The van der Waals surface area contributed by atoms with Gasteiger partial charge in [0.05, 0.1) is 12.1 Å². The summed E-state index contributed by atoms with van der Waals surface area (Å²) in [7, 11) is 0. The summed E-state index contributed by atoms with van der Waals surface area (Å²) in [5, 5.41) is 10.7. The molecule has 1 atom stereocenters. The number of aromatic nitrogens is 1. The molecule has 3 rings (SSSR count). The average molecular weight is 301 g/mol. The average Bonchev–Trinajstić information content (AvgIpc) is 3.05. The lowest BCUT2D eigenvalue weighted by Gasteiger charge is -2.35. The molecule has 2 aromatic heterocycles. The molecule has 1 unspecified atom stereocenters. The lowest BCUT2D eigenvalue weighted by molar-refractivity contribution is -0.402. The molecule has 3 heterocycles. The quantitative estimate of drug-likeness (QED) is 0.642. The molecule has 0 saturated carbocycles. The van der Waals surface area contributed by atoms with E-state index in [0.29, 0.717) is 6.54 Å². The van der Waals surface area contributed by atoms with Gasteiger partial charge in [0, 0.05) is 18.9 Å². The van der Waals surface area contributed by atoms with E-state index in [-0.39, 0.29) is 17.7 Å². The molecular formula is C15H15N3O4. The smallest absolute Gasteiger partial charge is 0.395 e. The van der Waals surface area contributed by atoms with Crippen LogP contribution in [-0.2, 0) is 0 Å². The van der Waals surface area contributed by atoms with Gasteiger partial charge in [-0.05, 0) is 37.0 Å². The van der Waals surface area contributed by atoms with Gasteiger partial charge < -0.3 is 9.32 Å². The third-order valence-corrected chi connectivity index (χ3v) is 3.82. The summed E-state index contributed by atoms with van der Waals surface area (Å²) in [6.07, 6.45) is 6.22. The summed E-state index contributed by atoms with van der Waals surface area (Å²) in [4.78, 5) is 28.5. The molecule has 1 aliphatic heterocycles. The zero-order valence-corrected chi connectivity index (χ0v) is 11.8. The molecule has 7 nitrogen and oxygen atoms in total. The number of piperidine rings is 1. The van der Waals surface area contributed by atoms with Crippen molar-refractivity contribution in [3.05, 3.63) is 58.1 Å². The minimum atomic E-state index is -0.647. The molecule has 0 radical (unpaired) electrons. The van der Waals surface area contributed by atoms with Gasteiger partial charge in [-0.2, -0.15) is 0 Å². The van der Waals surface area contributed by atoms with Crippen LogP contribution in [0, 0.1) is 10.1 Å². The molecule has 7 heteroatoms. The third-order valence-electron chi connectivity index (χ3n) is 3.82. The fourth-order valence-electron chi connectivity index (χ4n) is 2.78. The first-order chi connectivity index (χ1) is 10.7. The van der Waals surface area contributed by atoms with Gasteiger partial charge in [-0.15, -0.1) is 0 Å². The van der Waals surface area contributed by atoms with Crippen molar-refractivity contribution in [2.45, 2.75) is 25.3 Å². The van der Waals surface area contributed by atoms with Crippen LogP contribution in [-0.4, -0.2) is 27.3 Å². The lowest BCUT2D eigenvalue weighted by Crippen LogP contribution is -2.38. The molecule has 0 bridgehead atoms. The van der Waals surface area contributed by atoms with Crippen LogP contribution in [0.5, 0.6) is 0 Å². The van der Waals surface area contributed by atoms with Crippen LogP contribution >= 0.6 is 0 Å². The molecule has 1 saturated heterocycles. The Morgan fingerprint density at radius 2 is 2.23 bits per heavy atom. The second-order valence-corrected chi connectivity index (χ2v) is 5.19. The van der Waals surface area contributed by atoms with Crippen molar-refractivity contribution in [2.24, 2.45) is 0 Å². The number of amides is 1. The van der Waals surface area contributed by atoms with E-state index in [4.69, 9.17) is 4.42 Å². The van der Waals surface area contributed by atoms with E-state index in [1.54, 1.807) is 17.3 Å². The SMILES string of the molecule is O=C(c1ccc([N+](=O)[O-])o1)N1CCCCC1c1cccnc1. The highest BCUT2D eigenvalue weighted by molar-refractivity contribution is 5.92. The normalized spacial score (nSPS) is 18.2. The summed E-state index contributed by atoms with van der Waals surface area (Å²) in [5.41, 5.74) is 0.969. The Labute approximate surface area is 126 Å². The Morgan fingerprint density at radius 1 is 1.36 bits per heavy atom. The standard InChI is InChI=1S/C15H15N3O4/c19-15(13-6-7-14(22-13)18(20)21)17-9-2-1-5-12(17)11-4-3-8-16-10-11/h3-4,6-8,10,12H,1-2,5,9H2. The maximum atomic E-state index is 12.6. The summed E-state index contributed by atoms with van der Waals surface area (Å²) >= 11 is 0. The minimum absolute atomic E-state index is 0.00231. The molecule has 1 aliphatic rings. The number of hydrogen-bond acceptors (Lipinski definition) is 5. The summed E-state index contributed by atoms with van der Waals surface area (Å²) in [6.45, 7) is 0.604. The molecule has 0 spiro atoms. The number of carbonyl (C=O) groups excluding carboxylic acids is 1. The van der Waals surface area contributed by atoms with E-state index >= 15 is 0 Å². The Balaban J connectivity index is 1.86. The number of furan rings is 1. The zero-order chi connectivity index (χ0) is 15.5. The van der Waals surface area contributed by atoms with Crippen LogP contribution < -0.4 is 0 Å². The van der Waals surface area contributed by atoms with Gasteiger partial charge in [-0.25, -0.2) is 0 Å². The van der Waals surface area contributed by atoms with E-state index in [1.165, 1.54) is 12.1 Å². The van der Waals surface area contributed by atoms with Crippen LogP contribution in [0.2, 0.25) is 0 Å². The van der Waals surface area contributed by atoms with Gasteiger partial charge in [0.1, 0.15) is 4.92 Å². The number of rotatable bonds is 3. The summed E-state index contributed by atoms with van der Waals surface area (Å²) in [5.74, 6) is -0.734. The Kier molecular flexibility index (Phi) is 3.86. The highest BCUT2D eigenvalue weighted by Crippen LogP contribution is 2.32. The van der Waals surface area contributed by atoms with Crippen molar-refractivity contribution in [3.8, 4) is 0 Å². The lowest BCUT2D eigenvalue weighted by atomic mass is 9.96. The van der Waals surface area contributed by atoms with E-state index in [9.17, 15) is 14.9 Å². The van der Waals surface area contributed by atoms with Crippen LogP contribution in [0.25, 0.3) is 0 Å². The molecular weight excluding hydrogens is 286 g/mol. The first kappa shape index (κ1) is 14.2. The van der Waals surface area contributed by atoms with E-state index < -0.39 is 10.8 Å². The maximum absolute atomic E-state index is 12.6. The summed E-state index contributed by atoms with van der Waals surface area (Å²) < 4.78 is 5.04. The second kappa shape index (κ2) is 5.97. The topological polar surface area (TPSA) is 89.5 Å². The van der Waals surface area contributed by atoms with Gasteiger partial charge in [-0.3, -0.25) is 19.9 Å². The monoisotopic (exact) mass is 301 g/mol. The van der Waals surface area contributed by atoms with Crippen molar-refractivity contribution in [2.75, 3.05) is 6.54 Å². The molecule has 2 aromatic rings. The van der Waals surface area contributed by atoms with Crippen molar-refractivity contribution in [1.82, 2.24) is 9.88 Å². The predicted octanol–water partition coefficient (Wildman–Crippen LogP) is 2.95. The van der Waals surface area contributed by atoms with Crippen molar-refractivity contribution in [3.63, 3.8) is 0 Å². The fourth-order valence-corrected chi connectivity index (χ4v) is 2.78. The van der Waals surface area contributed by atoms with Gasteiger partial charge in [0.25, 0.3) is 5.91 Å². The predicted molar refractivity (Wildman–Crippen MR) is 77.2 cm³/mol. The number of carbonyl (C=O) groups is 1. The molecule has 22 heavy (non-hydrogen) atoms. The van der Waals surface area contributed by atoms with E-state index in [2.05, 4.69) is 4.98 Å². The van der Waals surface area contributed by atoms with Crippen LogP contribution in [0.4, 0.5) is 5.88 Å². The van der Waals surface area contributed by atoms with E-state index in [1.807, 2.05) is 12.1 Å². The molecule has 114 valence electrons. The van der Waals surface area contributed by atoms with Crippen LogP contribution in [0.15, 0.2) is 41.1 Å². The minimum Gasteiger partial charge on any atom is -0.395 e. The van der Waals surface area contributed by atoms with Gasteiger partial charge in [0.2, 0.25) is 0 Å². The first-order valence-corrected chi connectivity index (χ1v) is 7.12. The Bertz CT molecular complexity index is 683. The van der Waals surface area contributed by atoms with Crippen LogP contribution in [0.1, 0.15) is 41.4 Å². The molecule has 0 aliphatic carbocycles. The first-order valence-electron chi connectivity index (χ1n) is 7.12. The molecule has 1 fully saturated rings. The van der Waals surface area contributed by atoms with Crippen molar-refractivity contribution < 1.29 is 14.1 Å². The van der Waals surface area contributed by atoms with Gasteiger partial charge in [0.15, 0.2) is 5.76 Å². The number of hydrogen-bond donors (Lipinski definition) is 0. The number of nitro groups is 1. The Morgan fingerprint density at radius 3 is 2.91 bits per heavy atom. The highest BCUT2D eigenvalue weighted by Gasteiger charge is 2.31. The zero-order valence-electron chi connectivity index (χ0n) is 11.8. The number of pyridine rings is 1. The summed E-state index contributed by atoms with van der Waals surface area (Å²) in [6, 6.07) is 6.27. The largest absolute Gasteiger partial charge is 0.433 e. The number of likely N-dealkylation sites (tertiary alicyclic amines) is 1. The molecule has 0 aromatic carbocycles. The fraction of sp³-hybridized carbons (Fsp3) is 0.333. The maximum Gasteiger partial charge on any atom is 0.433 e. The highest BCUT2D eigenvalue weighted by atomic mass is 16.6. The molecule has 1 amide bonds. The van der Waals surface area contributed by atoms with Crippen molar-refractivity contribution >= 4 is 11.8 Å². The third kappa shape index (κ3) is 2.69. The van der Waals surface area contributed by atoms with Crippen molar-refractivity contribution in [1.29, 1.82) is 0 Å². The Hall–Kier alpha value is -2.70. The molecule has 0 N–H and O–H groups in total. The van der Waals surface area contributed by atoms with Gasteiger partial charge in [-0.1, -0.05) is 6.07 Å². The van der Waals surface area contributed by atoms with E-state index in [0.717, 1.165) is 24.8 Å².